The van der Waals surface area contributed by atoms with Gasteiger partial charge >= 0.3 is 12.0 Å². The molecule has 0 aliphatic carbocycles. The van der Waals surface area contributed by atoms with Gasteiger partial charge in [-0.15, -0.1) is 0 Å². The first kappa shape index (κ1) is 29.7. The van der Waals surface area contributed by atoms with Crippen LogP contribution in [0, 0.1) is 0 Å². The van der Waals surface area contributed by atoms with Gasteiger partial charge in [-0.3, -0.25) is 4.90 Å². The zero-order valence-corrected chi connectivity index (χ0v) is 23.0. The number of hydrogen-bond acceptors (Lipinski definition) is 5. The third-order valence-corrected chi connectivity index (χ3v) is 6.07. The van der Waals surface area contributed by atoms with Crippen molar-refractivity contribution >= 4 is 23.8 Å². The van der Waals surface area contributed by atoms with Gasteiger partial charge in [-0.05, 0) is 48.2 Å². The van der Waals surface area contributed by atoms with Gasteiger partial charge in [0.25, 0.3) is 0 Å². The number of ether oxygens (including phenoxy) is 3. The number of rotatable bonds is 15. The van der Waals surface area contributed by atoms with Crippen molar-refractivity contribution in [1.29, 1.82) is 0 Å². The van der Waals surface area contributed by atoms with Crippen molar-refractivity contribution in [2.24, 2.45) is 0 Å². The van der Waals surface area contributed by atoms with Crippen LogP contribution >= 0.6 is 0 Å². The zero-order valence-electron chi connectivity index (χ0n) is 23.0. The van der Waals surface area contributed by atoms with E-state index in [1.54, 1.807) is 18.0 Å². The number of methoxy groups -OCH3 is 2. The van der Waals surface area contributed by atoms with Crippen LogP contribution in [-0.2, 0) is 14.3 Å². The SMILES string of the molecule is CCCCCCCNC(=O)N(C)c1cccc(-c2ccc(/C=C(/OC)C(=O)OC)cc2OCCCC)c1. The van der Waals surface area contributed by atoms with E-state index in [9.17, 15) is 9.59 Å². The molecule has 2 rings (SSSR count). The summed E-state index contributed by atoms with van der Waals surface area (Å²) in [6.45, 7) is 5.55. The number of hydrogen-bond donors (Lipinski definition) is 1. The second-order valence-corrected chi connectivity index (χ2v) is 8.92. The minimum atomic E-state index is -0.546. The maximum atomic E-state index is 12.7. The highest BCUT2D eigenvalue weighted by atomic mass is 16.6. The number of esters is 1. The molecule has 7 heteroatoms. The molecule has 0 saturated heterocycles. The smallest absolute Gasteiger partial charge is 0.373 e. The summed E-state index contributed by atoms with van der Waals surface area (Å²) < 4.78 is 16.1. The topological polar surface area (TPSA) is 77.1 Å². The van der Waals surface area contributed by atoms with Crippen LogP contribution in [0.2, 0.25) is 0 Å². The Kier molecular flexibility index (Phi) is 13.1. The summed E-state index contributed by atoms with van der Waals surface area (Å²) >= 11 is 0. The van der Waals surface area contributed by atoms with Gasteiger partial charge in [0, 0.05) is 24.8 Å². The van der Waals surface area contributed by atoms with Gasteiger partial charge in [0.1, 0.15) is 5.75 Å². The fraction of sp³-hybridized carbons (Fsp3) is 0.467. The van der Waals surface area contributed by atoms with Crippen LogP contribution < -0.4 is 15.0 Å². The van der Waals surface area contributed by atoms with Gasteiger partial charge in [0.05, 0.1) is 20.8 Å². The van der Waals surface area contributed by atoms with Gasteiger partial charge in [-0.2, -0.15) is 0 Å². The van der Waals surface area contributed by atoms with Gasteiger partial charge in [-0.1, -0.05) is 70.2 Å². The third-order valence-electron chi connectivity index (χ3n) is 6.07. The molecule has 0 aliphatic rings. The first-order valence-electron chi connectivity index (χ1n) is 13.2. The molecule has 7 nitrogen and oxygen atoms in total. The summed E-state index contributed by atoms with van der Waals surface area (Å²) in [6, 6.07) is 13.4. The average Bonchev–Trinajstić information content (AvgIpc) is 2.93. The molecule has 0 saturated carbocycles. The van der Waals surface area contributed by atoms with Crippen LogP contribution in [-0.4, -0.2) is 46.4 Å². The van der Waals surface area contributed by atoms with Crippen LogP contribution in [0.4, 0.5) is 10.5 Å². The van der Waals surface area contributed by atoms with Crippen molar-refractivity contribution in [2.75, 3.05) is 39.3 Å². The van der Waals surface area contributed by atoms with Crippen molar-refractivity contribution in [3.05, 3.63) is 53.8 Å². The first-order valence-corrected chi connectivity index (χ1v) is 13.2. The van der Waals surface area contributed by atoms with Crippen LogP contribution in [0.3, 0.4) is 0 Å². The molecule has 0 aromatic heterocycles. The summed E-state index contributed by atoms with van der Waals surface area (Å²) in [5, 5.41) is 3.01. The van der Waals surface area contributed by atoms with Crippen LogP contribution in [0.5, 0.6) is 5.75 Å². The van der Waals surface area contributed by atoms with Gasteiger partial charge in [-0.25, -0.2) is 9.59 Å². The molecule has 0 spiro atoms. The fourth-order valence-corrected chi connectivity index (χ4v) is 3.81. The Balaban J connectivity index is 2.25. The molecule has 0 bridgehead atoms. The van der Waals surface area contributed by atoms with Gasteiger partial charge in [0.2, 0.25) is 5.76 Å². The molecule has 2 aromatic rings. The van der Waals surface area contributed by atoms with Crippen molar-refractivity contribution < 1.29 is 23.8 Å². The summed E-state index contributed by atoms with van der Waals surface area (Å²) in [5.41, 5.74) is 3.37. The second kappa shape index (κ2) is 16.3. The number of benzene rings is 2. The Hall–Kier alpha value is -3.48. The summed E-state index contributed by atoms with van der Waals surface area (Å²) in [7, 11) is 4.52. The van der Waals surface area contributed by atoms with Crippen LogP contribution in [0.15, 0.2) is 48.2 Å². The Bertz CT molecular complexity index is 1030. The number of anilines is 1. The van der Waals surface area contributed by atoms with E-state index < -0.39 is 5.97 Å². The van der Waals surface area contributed by atoms with E-state index in [2.05, 4.69) is 19.2 Å². The molecular formula is C30H42N2O5. The molecule has 0 unspecified atom stereocenters. The van der Waals surface area contributed by atoms with E-state index in [1.165, 1.54) is 33.5 Å². The van der Waals surface area contributed by atoms with E-state index in [-0.39, 0.29) is 11.8 Å². The third kappa shape index (κ3) is 9.48. The number of unbranched alkanes of at least 4 members (excludes halogenated alkanes) is 5. The van der Waals surface area contributed by atoms with E-state index in [4.69, 9.17) is 14.2 Å². The Labute approximate surface area is 221 Å². The Morgan fingerprint density at radius 2 is 1.68 bits per heavy atom. The molecule has 2 aromatic carbocycles. The molecule has 2 amide bonds. The zero-order chi connectivity index (χ0) is 27.0. The van der Waals surface area contributed by atoms with Gasteiger partial charge in [0.15, 0.2) is 0 Å². The maximum absolute atomic E-state index is 12.7. The van der Waals surface area contributed by atoms with Crippen molar-refractivity contribution in [2.45, 2.75) is 58.8 Å². The summed E-state index contributed by atoms with van der Waals surface area (Å²) in [6.07, 6.45) is 9.32. The van der Waals surface area contributed by atoms with Crippen molar-refractivity contribution in [3.63, 3.8) is 0 Å². The molecular weight excluding hydrogens is 468 g/mol. The quantitative estimate of drug-likeness (QED) is 0.123. The predicted octanol–water partition coefficient (Wildman–Crippen LogP) is 6.81. The molecule has 0 radical (unpaired) electrons. The monoisotopic (exact) mass is 510 g/mol. The van der Waals surface area contributed by atoms with E-state index in [0.717, 1.165) is 48.1 Å². The lowest BCUT2D eigenvalue weighted by atomic mass is 10.0. The maximum Gasteiger partial charge on any atom is 0.373 e. The Morgan fingerprint density at radius 3 is 2.38 bits per heavy atom. The highest BCUT2D eigenvalue weighted by Gasteiger charge is 2.15. The molecule has 0 atom stereocenters. The van der Waals surface area contributed by atoms with E-state index in [0.29, 0.717) is 18.9 Å². The molecule has 0 fully saturated rings. The minimum Gasteiger partial charge on any atom is -0.493 e. The normalized spacial score (nSPS) is 11.1. The average molecular weight is 511 g/mol. The number of urea groups is 1. The molecule has 202 valence electrons. The lowest BCUT2D eigenvalue weighted by Gasteiger charge is -2.20. The first-order chi connectivity index (χ1) is 17.9. The lowest BCUT2D eigenvalue weighted by molar-refractivity contribution is -0.139. The minimum absolute atomic E-state index is 0.106. The van der Waals surface area contributed by atoms with E-state index >= 15 is 0 Å². The molecule has 0 heterocycles. The molecule has 1 N–H and O–H groups in total. The lowest BCUT2D eigenvalue weighted by Crippen LogP contribution is -2.37. The highest BCUT2D eigenvalue weighted by Crippen LogP contribution is 2.34. The van der Waals surface area contributed by atoms with Crippen LogP contribution in [0.25, 0.3) is 17.2 Å². The fourth-order valence-electron chi connectivity index (χ4n) is 3.81. The van der Waals surface area contributed by atoms with Gasteiger partial charge < -0.3 is 19.5 Å². The number of nitrogens with one attached hydrogen (secondary N) is 1. The summed E-state index contributed by atoms with van der Waals surface area (Å²) in [4.78, 5) is 26.3. The number of amides is 2. The largest absolute Gasteiger partial charge is 0.493 e. The highest BCUT2D eigenvalue weighted by molar-refractivity contribution is 5.93. The number of nitrogens with zero attached hydrogens (tertiary/aromatic N) is 1. The number of carbonyl (C=O) groups is 2. The predicted molar refractivity (Wildman–Crippen MR) is 150 cm³/mol. The molecule has 0 aliphatic heterocycles. The standard InChI is InChI=1S/C30H42N2O5/c1-6-8-10-11-12-18-31-30(34)32(3)25-15-13-14-24(22-25)26-17-16-23(20-27(26)37-19-9-7-2)21-28(35-4)29(33)36-5/h13-17,20-22H,6-12,18-19H2,1-5H3,(H,31,34)/b28-21+. The van der Waals surface area contributed by atoms with Crippen LogP contribution in [0.1, 0.15) is 64.4 Å². The Morgan fingerprint density at radius 1 is 0.919 bits per heavy atom. The number of carbonyl (C=O) groups excluding carboxylic acids is 2. The molecule has 37 heavy (non-hydrogen) atoms. The second-order valence-electron chi connectivity index (χ2n) is 8.92. The van der Waals surface area contributed by atoms with Crippen molar-refractivity contribution in [3.8, 4) is 16.9 Å². The summed E-state index contributed by atoms with van der Waals surface area (Å²) in [5.74, 6) is 0.253. The van der Waals surface area contributed by atoms with E-state index in [1.807, 2.05) is 42.5 Å². The van der Waals surface area contributed by atoms with Crippen molar-refractivity contribution in [1.82, 2.24) is 5.32 Å².